The third kappa shape index (κ3) is 4.54. The molecule has 2 aromatic rings. The van der Waals surface area contributed by atoms with Gasteiger partial charge in [0.1, 0.15) is 0 Å². The van der Waals surface area contributed by atoms with Crippen LogP contribution in [-0.2, 0) is 18.0 Å². The molecule has 26 heavy (non-hydrogen) atoms. The van der Waals surface area contributed by atoms with E-state index in [0.717, 1.165) is 16.3 Å². The molecule has 0 spiro atoms. The van der Waals surface area contributed by atoms with Crippen LogP contribution < -0.4 is 4.90 Å². The highest BCUT2D eigenvalue weighted by atomic mass is 32.2. The van der Waals surface area contributed by atoms with Crippen LogP contribution in [0.2, 0.25) is 0 Å². The normalized spacial score (nSPS) is 12.5. The largest absolute Gasteiger partial charge is 0.451 e. The Kier molecular flexibility index (Phi) is 6.26. The summed E-state index contributed by atoms with van der Waals surface area (Å²) in [6.45, 7) is 1.77. The number of nitriles is 1. The summed E-state index contributed by atoms with van der Waals surface area (Å²) >= 11 is 0.887. The number of carbonyl (C=O) groups excluding carboxylic acids is 1. The number of anilines is 1. The lowest BCUT2D eigenvalue weighted by molar-refractivity contribution is -0.147. The number of hydrogen-bond acceptors (Lipinski definition) is 5. The summed E-state index contributed by atoms with van der Waals surface area (Å²) in [5, 5.41) is 14.8. The van der Waals surface area contributed by atoms with Crippen molar-refractivity contribution < 1.29 is 18.0 Å². The number of thioether (sulfide) groups is 1. The molecule has 0 unspecified atom stereocenters. The predicted octanol–water partition coefficient (Wildman–Crippen LogP) is 3.26. The van der Waals surface area contributed by atoms with E-state index in [9.17, 15) is 18.0 Å². The molecule has 2 rings (SSSR count). The lowest BCUT2D eigenvalue weighted by Crippen LogP contribution is -2.37. The van der Waals surface area contributed by atoms with Crippen molar-refractivity contribution in [2.24, 2.45) is 7.05 Å². The number of alkyl halides is 3. The van der Waals surface area contributed by atoms with E-state index in [4.69, 9.17) is 5.26 Å². The smallest absolute Gasteiger partial charge is 0.310 e. The molecule has 1 amide bonds. The third-order valence-corrected chi connectivity index (χ3v) is 4.62. The van der Waals surface area contributed by atoms with Gasteiger partial charge < -0.3 is 9.47 Å². The molecule has 1 heterocycles. The van der Waals surface area contributed by atoms with Gasteiger partial charge in [0, 0.05) is 19.3 Å². The molecule has 138 valence electrons. The molecule has 0 N–H and O–H groups in total. The Morgan fingerprint density at radius 3 is 2.54 bits per heavy atom. The molecule has 0 saturated heterocycles. The summed E-state index contributed by atoms with van der Waals surface area (Å²) in [6, 6.07) is 10.8. The number of nitrogens with zero attached hydrogens (tertiary/aromatic N) is 5. The predicted molar refractivity (Wildman–Crippen MR) is 90.3 cm³/mol. The number of aromatic nitrogens is 3. The van der Waals surface area contributed by atoms with Gasteiger partial charge in [0.05, 0.1) is 17.7 Å². The van der Waals surface area contributed by atoms with Crippen LogP contribution in [0.1, 0.15) is 19.2 Å². The van der Waals surface area contributed by atoms with E-state index >= 15 is 0 Å². The maximum Gasteiger partial charge on any atom is 0.451 e. The van der Waals surface area contributed by atoms with Crippen LogP contribution in [0.5, 0.6) is 0 Å². The second kappa shape index (κ2) is 8.23. The van der Waals surface area contributed by atoms with Gasteiger partial charge in [-0.15, -0.1) is 10.2 Å². The minimum atomic E-state index is -4.61. The van der Waals surface area contributed by atoms with Crippen molar-refractivity contribution in [1.82, 2.24) is 14.8 Å². The number of carbonyl (C=O) groups is 1. The zero-order valence-electron chi connectivity index (χ0n) is 14.1. The van der Waals surface area contributed by atoms with Crippen molar-refractivity contribution in [3.8, 4) is 6.07 Å². The Hall–Kier alpha value is -2.54. The minimum Gasteiger partial charge on any atom is -0.310 e. The van der Waals surface area contributed by atoms with E-state index in [2.05, 4.69) is 10.2 Å². The number of amides is 1. The molecule has 0 aliphatic heterocycles. The molecule has 0 fully saturated rings. The van der Waals surface area contributed by atoms with Gasteiger partial charge in [0.2, 0.25) is 11.7 Å². The van der Waals surface area contributed by atoms with Crippen LogP contribution in [0, 0.1) is 11.3 Å². The fourth-order valence-electron chi connectivity index (χ4n) is 2.23. The minimum absolute atomic E-state index is 0.00790. The van der Waals surface area contributed by atoms with Gasteiger partial charge in [0.15, 0.2) is 5.16 Å². The van der Waals surface area contributed by atoms with Gasteiger partial charge >= 0.3 is 6.18 Å². The highest BCUT2D eigenvalue weighted by Gasteiger charge is 2.38. The van der Waals surface area contributed by atoms with Crippen LogP contribution in [0.3, 0.4) is 0 Å². The van der Waals surface area contributed by atoms with Crippen molar-refractivity contribution in [3.05, 3.63) is 36.2 Å². The molecule has 6 nitrogen and oxygen atoms in total. The van der Waals surface area contributed by atoms with Crippen LogP contribution >= 0.6 is 11.8 Å². The topological polar surface area (TPSA) is 74.8 Å². The molecule has 1 atom stereocenters. The van der Waals surface area contributed by atoms with Crippen LogP contribution in [0.15, 0.2) is 35.5 Å². The number of rotatable bonds is 6. The summed E-state index contributed by atoms with van der Waals surface area (Å²) in [7, 11) is 1.20. The van der Waals surface area contributed by atoms with Crippen LogP contribution in [-0.4, -0.2) is 32.5 Å². The fraction of sp³-hybridized carbons (Fsp3) is 0.375. The zero-order chi connectivity index (χ0) is 19.3. The van der Waals surface area contributed by atoms with E-state index in [0.29, 0.717) is 5.69 Å². The van der Waals surface area contributed by atoms with E-state index in [1.807, 2.05) is 6.07 Å². The highest BCUT2D eigenvalue weighted by molar-refractivity contribution is 8.00. The molecule has 0 saturated carbocycles. The number of benzene rings is 1. The summed E-state index contributed by atoms with van der Waals surface area (Å²) in [5.41, 5.74) is 0.620. The summed E-state index contributed by atoms with van der Waals surface area (Å²) < 4.78 is 39.2. The lowest BCUT2D eigenvalue weighted by atomic mass is 10.2. The van der Waals surface area contributed by atoms with Crippen molar-refractivity contribution in [1.29, 1.82) is 5.26 Å². The summed E-state index contributed by atoms with van der Waals surface area (Å²) in [4.78, 5) is 14.2. The molecule has 0 aliphatic carbocycles. The van der Waals surface area contributed by atoms with Crippen molar-refractivity contribution in [3.63, 3.8) is 0 Å². The summed E-state index contributed by atoms with van der Waals surface area (Å²) in [6.07, 6.45) is -4.48. The molecule has 10 heteroatoms. The Balaban J connectivity index is 2.19. The average molecular weight is 383 g/mol. The van der Waals surface area contributed by atoms with E-state index in [-0.39, 0.29) is 24.0 Å². The molecule has 0 bridgehead atoms. The molecule has 0 aliphatic rings. The molecular weight excluding hydrogens is 367 g/mol. The number of hydrogen-bond donors (Lipinski definition) is 0. The zero-order valence-corrected chi connectivity index (χ0v) is 14.9. The Morgan fingerprint density at radius 1 is 1.35 bits per heavy atom. The SMILES string of the molecule is C[C@@H](Sc1nnc(C(F)(F)F)n1C)C(=O)N(CCC#N)c1ccccc1. The van der Waals surface area contributed by atoms with Gasteiger partial charge in [-0.25, -0.2) is 0 Å². The Labute approximate surface area is 152 Å². The van der Waals surface area contributed by atoms with Crippen LogP contribution in [0.4, 0.5) is 18.9 Å². The standard InChI is InChI=1S/C16H16F3N5OS/c1-11(26-15-22-21-14(23(15)2)16(17,18)19)13(25)24(10-6-9-20)12-7-4-3-5-8-12/h3-5,7-8,11H,6,10H2,1-2H3/t11-/m1/s1. The lowest BCUT2D eigenvalue weighted by Gasteiger charge is -2.24. The molecule has 0 radical (unpaired) electrons. The maximum atomic E-state index is 12.8. The number of halogens is 3. The second-order valence-electron chi connectivity index (χ2n) is 5.36. The second-order valence-corrected chi connectivity index (χ2v) is 6.66. The van der Waals surface area contributed by atoms with Gasteiger partial charge in [0.25, 0.3) is 0 Å². The van der Waals surface area contributed by atoms with E-state index in [1.54, 1.807) is 37.3 Å². The first-order valence-electron chi connectivity index (χ1n) is 7.62. The van der Waals surface area contributed by atoms with Crippen molar-refractivity contribution >= 4 is 23.4 Å². The monoisotopic (exact) mass is 383 g/mol. The first-order chi connectivity index (χ1) is 12.3. The Bertz CT molecular complexity index is 800. The van der Waals surface area contributed by atoms with Crippen molar-refractivity contribution in [2.75, 3.05) is 11.4 Å². The maximum absolute atomic E-state index is 12.8. The van der Waals surface area contributed by atoms with Gasteiger partial charge in [-0.1, -0.05) is 30.0 Å². The third-order valence-electron chi connectivity index (χ3n) is 3.50. The molecule has 1 aromatic carbocycles. The van der Waals surface area contributed by atoms with Gasteiger partial charge in [-0.2, -0.15) is 18.4 Å². The quantitative estimate of drug-likeness (QED) is 0.716. The van der Waals surface area contributed by atoms with Crippen molar-refractivity contribution in [2.45, 2.75) is 29.9 Å². The Morgan fingerprint density at radius 2 is 2.00 bits per heavy atom. The fourth-order valence-corrected chi connectivity index (χ4v) is 3.11. The average Bonchev–Trinajstić information content (AvgIpc) is 2.96. The summed E-state index contributed by atoms with van der Waals surface area (Å²) in [5.74, 6) is -1.45. The first-order valence-corrected chi connectivity index (χ1v) is 8.50. The highest BCUT2D eigenvalue weighted by Crippen LogP contribution is 2.31. The number of para-hydroxylation sites is 1. The van der Waals surface area contributed by atoms with E-state index < -0.39 is 17.3 Å². The molecule has 1 aromatic heterocycles. The van der Waals surface area contributed by atoms with Gasteiger partial charge in [-0.3, -0.25) is 4.79 Å². The molecular formula is C16H16F3N5OS. The van der Waals surface area contributed by atoms with Crippen LogP contribution in [0.25, 0.3) is 0 Å². The van der Waals surface area contributed by atoms with E-state index in [1.165, 1.54) is 11.9 Å². The first kappa shape index (κ1) is 19.8. The van der Waals surface area contributed by atoms with Gasteiger partial charge in [-0.05, 0) is 19.1 Å².